The first-order valence-electron chi connectivity index (χ1n) is 3.75. The van der Waals surface area contributed by atoms with E-state index in [0.717, 1.165) is 5.69 Å². The van der Waals surface area contributed by atoms with E-state index in [9.17, 15) is 0 Å². The molecule has 0 aliphatic carbocycles. The molecule has 0 amide bonds. The molecule has 0 bridgehead atoms. The molecular formula is C8H7N5. The molecule has 0 saturated carbocycles. The van der Waals surface area contributed by atoms with Crippen molar-refractivity contribution < 1.29 is 0 Å². The van der Waals surface area contributed by atoms with Crippen LogP contribution < -0.4 is 0 Å². The van der Waals surface area contributed by atoms with Crippen LogP contribution in [0.4, 0.5) is 11.5 Å². The third kappa shape index (κ3) is 1.96. The van der Waals surface area contributed by atoms with Crippen molar-refractivity contribution in [1.29, 1.82) is 0 Å². The molecule has 0 radical (unpaired) electrons. The number of azo groups is 1. The molecule has 1 N–H and O–H groups in total. The standard InChI is InChI=1S/C8H7N5/c1-3-9-4-2-7(1)12-13-8-5-10-6-11-8/h1-6H,(H,10,11). The van der Waals surface area contributed by atoms with Crippen molar-refractivity contribution in [2.24, 2.45) is 10.2 Å². The maximum atomic E-state index is 3.96. The zero-order valence-electron chi connectivity index (χ0n) is 6.75. The van der Waals surface area contributed by atoms with Gasteiger partial charge < -0.3 is 4.98 Å². The Morgan fingerprint density at radius 2 is 1.92 bits per heavy atom. The van der Waals surface area contributed by atoms with E-state index in [4.69, 9.17) is 0 Å². The van der Waals surface area contributed by atoms with Crippen molar-refractivity contribution >= 4 is 11.5 Å². The number of H-pyrrole nitrogens is 1. The fourth-order valence-electron chi connectivity index (χ4n) is 0.826. The highest BCUT2D eigenvalue weighted by atomic mass is 15.2. The number of hydrogen-bond acceptors (Lipinski definition) is 4. The lowest BCUT2D eigenvalue weighted by molar-refractivity contribution is 1.17. The smallest absolute Gasteiger partial charge is 0.172 e. The highest BCUT2D eigenvalue weighted by molar-refractivity contribution is 5.33. The van der Waals surface area contributed by atoms with E-state index in [1.165, 1.54) is 0 Å². The average molecular weight is 173 g/mol. The summed E-state index contributed by atoms with van der Waals surface area (Å²) < 4.78 is 0. The molecule has 5 heteroatoms. The van der Waals surface area contributed by atoms with Gasteiger partial charge in [0.25, 0.3) is 0 Å². The van der Waals surface area contributed by atoms with Crippen LogP contribution in [0.3, 0.4) is 0 Å². The molecule has 2 aromatic heterocycles. The van der Waals surface area contributed by atoms with Crippen molar-refractivity contribution in [3.63, 3.8) is 0 Å². The lowest BCUT2D eigenvalue weighted by Gasteiger charge is -1.87. The zero-order valence-corrected chi connectivity index (χ0v) is 6.75. The molecular weight excluding hydrogens is 166 g/mol. The van der Waals surface area contributed by atoms with Crippen LogP contribution in [0.15, 0.2) is 47.3 Å². The number of rotatable bonds is 2. The second-order valence-corrected chi connectivity index (χ2v) is 2.34. The van der Waals surface area contributed by atoms with Gasteiger partial charge in [-0.3, -0.25) is 4.98 Å². The molecule has 2 rings (SSSR count). The summed E-state index contributed by atoms with van der Waals surface area (Å²) in [6, 6.07) is 3.56. The van der Waals surface area contributed by atoms with Gasteiger partial charge in [-0.15, -0.1) is 10.2 Å². The van der Waals surface area contributed by atoms with Crippen molar-refractivity contribution in [2.75, 3.05) is 0 Å². The molecule has 0 spiro atoms. The Balaban J connectivity index is 2.15. The fraction of sp³-hybridized carbons (Fsp3) is 0. The van der Waals surface area contributed by atoms with Crippen molar-refractivity contribution in [2.45, 2.75) is 0 Å². The Morgan fingerprint density at radius 3 is 2.62 bits per heavy atom. The largest absolute Gasteiger partial charge is 0.328 e. The topological polar surface area (TPSA) is 66.3 Å². The van der Waals surface area contributed by atoms with Gasteiger partial charge in [0.1, 0.15) is 0 Å². The average Bonchev–Trinajstić information content (AvgIpc) is 2.69. The van der Waals surface area contributed by atoms with E-state index in [1.54, 1.807) is 37.1 Å². The van der Waals surface area contributed by atoms with Crippen LogP contribution in [0, 0.1) is 0 Å². The van der Waals surface area contributed by atoms with Crippen LogP contribution in [-0.2, 0) is 0 Å². The molecule has 13 heavy (non-hydrogen) atoms. The maximum Gasteiger partial charge on any atom is 0.172 e. The highest BCUT2D eigenvalue weighted by Crippen LogP contribution is 2.13. The lowest BCUT2D eigenvalue weighted by atomic mass is 10.4. The molecule has 0 unspecified atom stereocenters. The summed E-state index contributed by atoms with van der Waals surface area (Å²) >= 11 is 0. The third-order valence-corrected chi connectivity index (χ3v) is 1.42. The molecule has 2 aromatic rings. The molecule has 0 aliphatic heterocycles. The first-order chi connectivity index (χ1) is 6.45. The zero-order chi connectivity index (χ0) is 8.93. The number of pyridine rings is 1. The summed E-state index contributed by atoms with van der Waals surface area (Å²) in [5, 5.41) is 7.88. The summed E-state index contributed by atoms with van der Waals surface area (Å²) in [5.74, 6) is 0.636. The van der Waals surface area contributed by atoms with Crippen molar-refractivity contribution in [1.82, 2.24) is 15.0 Å². The molecule has 0 aliphatic rings. The molecule has 0 atom stereocenters. The van der Waals surface area contributed by atoms with E-state index in [1.807, 2.05) is 0 Å². The van der Waals surface area contributed by atoms with Gasteiger partial charge in [0.05, 0.1) is 18.2 Å². The minimum atomic E-state index is 0.636. The van der Waals surface area contributed by atoms with E-state index in [0.29, 0.717) is 5.82 Å². The molecule has 64 valence electrons. The van der Waals surface area contributed by atoms with Gasteiger partial charge in [0.2, 0.25) is 0 Å². The Bertz CT molecular complexity index is 378. The minimum Gasteiger partial charge on any atom is -0.328 e. The Hall–Kier alpha value is -2.04. The number of hydrogen-bond donors (Lipinski definition) is 1. The molecule has 0 fully saturated rings. The summed E-state index contributed by atoms with van der Waals surface area (Å²) in [7, 11) is 0. The third-order valence-electron chi connectivity index (χ3n) is 1.42. The Labute approximate surface area is 74.6 Å². The molecule has 0 aromatic carbocycles. The Kier molecular flexibility index (Phi) is 2.09. The minimum absolute atomic E-state index is 0.636. The van der Waals surface area contributed by atoms with Gasteiger partial charge in [0, 0.05) is 12.4 Å². The quantitative estimate of drug-likeness (QED) is 0.707. The molecule has 2 heterocycles. The monoisotopic (exact) mass is 173 g/mol. The lowest BCUT2D eigenvalue weighted by Crippen LogP contribution is -1.66. The summed E-state index contributed by atoms with van der Waals surface area (Å²) in [6.07, 6.45) is 6.49. The first-order valence-corrected chi connectivity index (χ1v) is 3.75. The highest BCUT2D eigenvalue weighted by Gasteiger charge is 1.88. The van der Waals surface area contributed by atoms with Gasteiger partial charge in [-0.05, 0) is 12.1 Å². The maximum absolute atomic E-state index is 3.96. The fourth-order valence-corrected chi connectivity index (χ4v) is 0.826. The van der Waals surface area contributed by atoms with Crippen LogP contribution >= 0.6 is 0 Å². The van der Waals surface area contributed by atoms with E-state index < -0.39 is 0 Å². The van der Waals surface area contributed by atoms with Gasteiger partial charge in [-0.1, -0.05) is 0 Å². The Morgan fingerprint density at radius 1 is 1.08 bits per heavy atom. The van der Waals surface area contributed by atoms with E-state index in [-0.39, 0.29) is 0 Å². The van der Waals surface area contributed by atoms with Crippen molar-refractivity contribution in [3.05, 3.63) is 37.1 Å². The van der Waals surface area contributed by atoms with E-state index in [2.05, 4.69) is 25.2 Å². The summed E-state index contributed by atoms with van der Waals surface area (Å²) in [5.41, 5.74) is 0.768. The predicted octanol–water partition coefficient (Wildman–Crippen LogP) is 2.22. The number of aromatic nitrogens is 3. The number of nitrogens with zero attached hydrogens (tertiary/aromatic N) is 4. The summed E-state index contributed by atoms with van der Waals surface area (Å²) in [4.78, 5) is 10.5. The second kappa shape index (κ2) is 3.57. The van der Waals surface area contributed by atoms with Crippen LogP contribution in [0.1, 0.15) is 0 Å². The predicted molar refractivity (Wildman–Crippen MR) is 47.0 cm³/mol. The van der Waals surface area contributed by atoms with Crippen LogP contribution in [-0.4, -0.2) is 15.0 Å². The van der Waals surface area contributed by atoms with Gasteiger partial charge in [0.15, 0.2) is 5.82 Å². The van der Waals surface area contributed by atoms with Crippen LogP contribution in [0.2, 0.25) is 0 Å². The molecule has 5 nitrogen and oxygen atoms in total. The summed E-state index contributed by atoms with van der Waals surface area (Å²) in [6.45, 7) is 0. The first kappa shape index (κ1) is 7.60. The van der Waals surface area contributed by atoms with Crippen LogP contribution in [0.25, 0.3) is 0 Å². The number of nitrogens with one attached hydrogen (secondary N) is 1. The van der Waals surface area contributed by atoms with Crippen molar-refractivity contribution in [3.8, 4) is 0 Å². The molecule has 0 saturated heterocycles. The van der Waals surface area contributed by atoms with Gasteiger partial charge >= 0.3 is 0 Å². The number of imidazole rings is 1. The van der Waals surface area contributed by atoms with Crippen LogP contribution in [0.5, 0.6) is 0 Å². The van der Waals surface area contributed by atoms with E-state index >= 15 is 0 Å². The second-order valence-electron chi connectivity index (χ2n) is 2.34. The van der Waals surface area contributed by atoms with Gasteiger partial charge in [-0.25, -0.2) is 4.98 Å². The number of aromatic amines is 1. The normalized spacial score (nSPS) is 10.8. The SMILES string of the molecule is c1cc(N=Nc2cnc[nH]2)ccn1. The van der Waals surface area contributed by atoms with Gasteiger partial charge in [-0.2, -0.15) is 0 Å².